The molecule has 4 aromatic heterocycles. The molecule has 1 aliphatic rings. The molecule has 0 atom stereocenters. The Kier molecular flexibility index (Phi) is 5.83. The Morgan fingerprint density at radius 1 is 1.35 bits per heavy atom. The summed E-state index contributed by atoms with van der Waals surface area (Å²) < 4.78 is 3.94. The third-order valence-electron chi connectivity index (χ3n) is 6.11. The number of amides is 1. The molecule has 0 spiro atoms. The first kappa shape index (κ1) is 22.2. The minimum atomic E-state index is -0.212. The first-order valence-electron chi connectivity index (χ1n) is 11.2. The van der Waals surface area contributed by atoms with E-state index in [1.807, 2.05) is 22.9 Å². The Balaban J connectivity index is 1.26. The van der Waals surface area contributed by atoms with Gasteiger partial charge in [0, 0.05) is 42.1 Å². The molecular formula is C25H26ClN7O. The van der Waals surface area contributed by atoms with Gasteiger partial charge in [0.2, 0.25) is 5.91 Å². The number of aromatic nitrogens is 4. The highest BCUT2D eigenvalue weighted by Gasteiger charge is 2.25. The van der Waals surface area contributed by atoms with E-state index in [0.717, 1.165) is 22.6 Å². The fraction of sp³-hybridized carbons (Fsp3) is 0.280. The monoisotopic (exact) mass is 475 g/mol. The standard InChI is InChI=1S/C25H26ClN7O/c1-16-8-24-30-20(12-32(24)14-21(16)18-4-5-18)13-33(27-3)11-17(2)25(34)28-10-22-23-9-19(26)6-7-31(23)15-29-22/h6-9,11-12,14-15,18H,3-5,10,13H2,1-2H3,(H,28,34)/b17-11+. The lowest BCUT2D eigenvalue weighted by atomic mass is 10.1. The molecule has 0 aromatic carbocycles. The molecule has 9 heteroatoms. The maximum Gasteiger partial charge on any atom is 0.248 e. The predicted octanol–water partition coefficient (Wildman–Crippen LogP) is 4.46. The van der Waals surface area contributed by atoms with Gasteiger partial charge < -0.3 is 14.1 Å². The Morgan fingerprint density at radius 2 is 2.18 bits per heavy atom. The van der Waals surface area contributed by atoms with Crippen molar-refractivity contribution in [1.29, 1.82) is 0 Å². The highest BCUT2D eigenvalue weighted by Crippen LogP contribution is 2.41. The van der Waals surface area contributed by atoms with Gasteiger partial charge in [-0.3, -0.25) is 9.80 Å². The Hall–Kier alpha value is -3.65. The van der Waals surface area contributed by atoms with Crippen LogP contribution in [0.15, 0.2) is 60.0 Å². The zero-order valence-corrected chi connectivity index (χ0v) is 20.0. The number of hydrogen-bond donors (Lipinski definition) is 1. The molecule has 1 amide bonds. The first-order valence-corrected chi connectivity index (χ1v) is 11.6. The topological polar surface area (TPSA) is 79.3 Å². The summed E-state index contributed by atoms with van der Waals surface area (Å²) in [6, 6.07) is 5.74. The average Bonchev–Trinajstić information content (AvgIpc) is 3.47. The molecule has 5 rings (SSSR count). The number of pyridine rings is 2. The van der Waals surface area contributed by atoms with Crippen LogP contribution in [0.5, 0.6) is 0 Å². The number of imidazole rings is 2. The van der Waals surface area contributed by atoms with Gasteiger partial charge in [-0.25, -0.2) is 9.97 Å². The number of hydrazone groups is 1. The van der Waals surface area contributed by atoms with Crippen LogP contribution < -0.4 is 5.32 Å². The molecule has 1 aliphatic carbocycles. The summed E-state index contributed by atoms with van der Waals surface area (Å²) in [7, 11) is 0. The van der Waals surface area contributed by atoms with E-state index < -0.39 is 0 Å². The second-order valence-corrected chi connectivity index (χ2v) is 9.18. The number of halogens is 1. The molecule has 4 heterocycles. The van der Waals surface area contributed by atoms with Crippen molar-refractivity contribution >= 4 is 35.4 Å². The summed E-state index contributed by atoms with van der Waals surface area (Å²) in [6.07, 6.45) is 11.9. The molecule has 0 aliphatic heterocycles. The van der Waals surface area contributed by atoms with Gasteiger partial charge in [0.05, 0.1) is 36.3 Å². The summed E-state index contributed by atoms with van der Waals surface area (Å²) >= 11 is 6.09. The van der Waals surface area contributed by atoms with E-state index in [4.69, 9.17) is 16.6 Å². The van der Waals surface area contributed by atoms with Gasteiger partial charge in [0.15, 0.2) is 0 Å². The molecule has 1 saturated carbocycles. The predicted molar refractivity (Wildman–Crippen MR) is 133 cm³/mol. The van der Waals surface area contributed by atoms with Gasteiger partial charge in [-0.1, -0.05) is 11.6 Å². The van der Waals surface area contributed by atoms with Gasteiger partial charge in [0.1, 0.15) is 5.65 Å². The van der Waals surface area contributed by atoms with E-state index in [1.165, 1.54) is 24.0 Å². The first-order chi connectivity index (χ1) is 16.4. The summed E-state index contributed by atoms with van der Waals surface area (Å²) in [6.45, 7) is 8.24. The van der Waals surface area contributed by atoms with Crippen molar-refractivity contribution in [1.82, 2.24) is 29.1 Å². The Labute approximate surface area is 202 Å². The van der Waals surface area contributed by atoms with E-state index in [-0.39, 0.29) is 12.5 Å². The van der Waals surface area contributed by atoms with Gasteiger partial charge in [-0.05, 0) is 61.9 Å². The zero-order valence-electron chi connectivity index (χ0n) is 19.2. The number of carbonyl (C=O) groups excluding carboxylic acids is 1. The minimum Gasteiger partial charge on any atom is -0.347 e. The number of aryl methyl sites for hydroxylation is 1. The van der Waals surface area contributed by atoms with Crippen molar-refractivity contribution in [3.8, 4) is 0 Å². The van der Waals surface area contributed by atoms with Crippen LogP contribution in [-0.4, -0.2) is 36.4 Å². The molecule has 4 aromatic rings. The summed E-state index contributed by atoms with van der Waals surface area (Å²) in [4.78, 5) is 21.8. The normalized spacial score (nSPS) is 14.0. The second kappa shape index (κ2) is 8.95. The maximum absolute atomic E-state index is 12.7. The highest BCUT2D eigenvalue weighted by atomic mass is 35.5. The van der Waals surface area contributed by atoms with Crippen LogP contribution in [0.2, 0.25) is 5.02 Å². The summed E-state index contributed by atoms with van der Waals surface area (Å²) in [5.74, 6) is 0.472. The largest absolute Gasteiger partial charge is 0.347 e. The number of nitrogens with zero attached hydrogens (tertiary/aromatic N) is 6. The van der Waals surface area contributed by atoms with Crippen LogP contribution in [0, 0.1) is 6.92 Å². The fourth-order valence-corrected chi connectivity index (χ4v) is 4.30. The highest BCUT2D eigenvalue weighted by molar-refractivity contribution is 6.30. The summed E-state index contributed by atoms with van der Waals surface area (Å²) in [5, 5.41) is 9.21. The van der Waals surface area contributed by atoms with Gasteiger partial charge in [-0.15, -0.1) is 0 Å². The number of hydrogen-bond acceptors (Lipinski definition) is 5. The van der Waals surface area contributed by atoms with Crippen LogP contribution in [0.1, 0.15) is 48.2 Å². The third kappa shape index (κ3) is 4.54. The Morgan fingerprint density at radius 3 is 2.94 bits per heavy atom. The van der Waals surface area contributed by atoms with E-state index in [9.17, 15) is 4.79 Å². The number of carbonyl (C=O) groups is 1. The number of fused-ring (bicyclic) bond motifs is 2. The van der Waals surface area contributed by atoms with Gasteiger partial charge in [0.25, 0.3) is 0 Å². The smallest absolute Gasteiger partial charge is 0.248 e. The van der Waals surface area contributed by atoms with Crippen LogP contribution in [0.3, 0.4) is 0 Å². The van der Waals surface area contributed by atoms with Crippen LogP contribution in [-0.2, 0) is 17.9 Å². The van der Waals surface area contributed by atoms with Crippen molar-refractivity contribution in [3.05, 3.63) is 82.4 Å². The lowest BCUT2D eigenvalue weighted by Crippen LogP contribution is -2.25. The van der Waals surface area contributed by atoms with E-state index in [1.54, 1.807) is 30.5 Å². The molecule has 1 N–H and O–H groups in total. The van der Waals surface area contributed by atoms with Crippen molar-refractivity contribution in [2.24, 2.45) is 5.10 Å². The van der Waals surface area contributed by atoms with Crippen LogP contribution >= 0.6 is 11.6 Å². The fourth-order valence-electron chi connectivity index (χ4n) is 4.14. The molecule has 1 fully saturated rings. The van der Waals surface area contributed by atoms with Crippen molar-refractivity contribution in [3.63, 3.8) is 0 Å². The van der Waals surface area contributed by atoms with Gasteiger partial charge in [-0.2, -0.15) is 5.10 Å². The van der Waals surface area contributed by atoms with E-state index in [0.29, 0.717) is 23.1 Å². The molecule has 174 valence electrons. The van der Waals surface area contributed by atoms with Crippen LogP contribution in [0.25, 0.3) is 11.2 Å². The van der Waals surface area contributed by atoms with Crippen LogP contribution in [0.4, 0.5) is 0 Å². The number of nitrogens with one attached hydrogen (secondary N) is 1. The molecule has 0 bridgehead atoms. The maximum atomic E-state index is 12.7. The molecule has 0 saturated heterocycles. The zero-order chi connectivity index (χ0) is 23.8. The number of rotatable bonds is 8. The second-order valence-electron chi connectivity index (χ2n) is 8.75. The SMILES string of the molecule is C=NN(/C=C(\C)C(=O)NCc1ncn2ccc(Cl)cc12)Cc1cn2cc(C3CC3)c(C)cc2n1. The lowest BCUT2D eigenvalue weighted by molar-refractivity contribution is -0.117. The quantitative estimate of drug-likeness (QED) is 0.232. The third-order valence-corrected chi connectivity index (χ3v) is 6.35. The molecule has 8 nitrogen and oxygen atoms in total. The van der Waals surface area contributed by atoms with Crippen molar-refractivity contribution in [2.45, 2.75) is 45.7 Å². The molecule has 0 radical (unpaired) electrons. The minimum absolute atomic E-state index is 0.212. The van der Waals surface area contributed by atoms with E-state index >= 15 is 0 Å². The Bertz CT molecular complexity index is 1430. The van der Waals surface area contributed by atoms with Crippen molar-refractivity contribution in [2.75, 3.05) is 0 Å². The summed E-state index contributed by atoms with van der Waals surface area (Å²) in [5.41, 5.74) is 6.55. The van der Waals surface area contributed by atoms with Gasteiger partial charge >= 0.3 is 0 Å². The van der Waals surface area contributed by atoms with Crippen molar-refractivity contribution < 1.29 is 4.79 Å². The molecule has 34 heavy (non-hydrogen) atoms. The lowest BCUT2D eigenvalue weighted by Gasteiger charge is -2.13. The van der Waals surface area contributed by atoms with E-state index in [2.05, 4.69) is 45.7 Å². The molecule has 0 unspecified atom stereocenters. The average molecular weight is 476 g/mol. The molecular weight excluding hydrogens is 450 g/mol.